The Morgan fingerprint density at radius 3 is 2.63 bits per heavy atom. The van der Waals surface area contributed by atoms with E-state index < -0.39 is 17.8 Å². The van der Waals surface area contributed by atoms with E-state index in [1.807, 2.05) is 0 Å². The molecule has 2 atom stereocenters. The second-order valence-electron chi connectivity index (χ2n) is 4.79. The zero-order chi connectivity index (χ0) is 13.8. The fourth-order valence-electron chi connectivity index (χ4n) is 2.52. The van der Waals surface area contributed by atoms with Crippen LogP contribution in [-0.4, -0.2) is 17.0 Å². The molecule has 1 saturated carbocycles. The van der Waals surface area contributed by atoms with Gasteiger partial charge in [-0.15, -0.1) is 0 Å². The molecule has 5 heteroatoms. The van der Waals surface area contributed by atoms with E-state index in [9.17, 15) is 14.0 Å². The Morgan fingerprint density at radius 1 is 1.26 bits per heavy atom. The van der Waals surface area contributed by atoms with Gasteiger partial charge in [-0.1, -0.05) is 24.6 Å². The first-order chi connectivity index (χ1) is 9.09. The molecule has 102 valence electrons. The van der Waals surface area contributed by atoms with Crippen molar-refractivity contribution in [3.8, 4) is 0 Å². The molecule has 2 rings (SSSR count). The first kappa shape index (κ1) is 13.5. The molecule has 0 spiro atoms. The molecule has 0 aromatic heterocycles. The van der Waals surface area contributed by atoms with Gasteiger partial charge in [0.1, 0.15) is 5.82 Å². The third-order valence-electron chi connectivity index (χ3n) is 3.58. The number of carbonyl (C=O) groups excluding carboxylic acids is 1. The predicted molar refractivity (Wildman–Crippen MR) is 66.7 cm³/mol. The predicted octanol–water partition coefficient (Wildman–Crippen LogP) is 1.94. The highest BCUT2D eigenvalue weighted by atomic mass is 19.1. The van der Waals surface area contributed by atoms with E-state index in [2.05, 4.69) is 5.32 Å². The molecular weight excluding hydrogens is 249 g/mol. The molecule has 1 aromatic carbocycles. The SMILES string of the molecule is O=C(O)[C@H]1CCC[C@H]1C(=O)NCc1ccccc1F. The van der Waals surface area contributed by atoms with Gasteiger partial charge < -0.3 is 10.4 Å². The average Bonchev–Trinajstić information content (AvgIpc) is 2.87. The van der Waals surface area contributed by atoms with Gasteiger partial charge in [0.15, 0.2) is 0 Å². The number of halogens is 1. The van der Waals surface area contributed by atoms with E-state index in [4.69, 9.17) is 5.11 Å². The summed E-state index contributed by atoms with van der Waals surface area (Å²) in [5, 5.41) is 11.6. The first-order valence-electron chi connectivity index (χ1n) is 6.33. The minimum Gasteiger partial charge on any atom is -0.481 e. The van der Waals surface area contributed by atoms with E-state index in [0.717, 1.165) is 6.42 Å². The lowest BCUT2D eigenvalue weighted by Crippen LogP contribution is -2.35. The van der Waals surface area contributed by atoms with Gasteiger partial charge in [-0.2, -0.15) is 0 Å². The lowest BCUT2D eigenvalue weighted by atomic mass is 9.95. The van der Waals surface area contributed by atoms with Gasteiger partial charge in [0.25, 0.3) is 0 Å². The number of carboxylic acid groups (broad SMARTS) is 1. The van der Waals surface area contributed by atoms with Crippen molar-refractivity contribution in [2.75, 3.05) is 0 Å². The minimum absolute atomic E-state index is 0.0916. The summed E-state index contributed by atoms with van der Waals surface area (Å²) in [4.78, 5) is 23.0. The molecule has 0 aliphatic heterocycles. The molecule has 1 fully saturated rings. The normalized spacial score (nSPS) is 22.2. The van der Waals surface area contributed by atoms with Gasteiger partial charge >= 0.3 is 5.97 Å². The number of carbonyl (C=O) groups is 2. The Kier molecular flexibility index (Phi) is 4.14. The highest BCUT2D eigenvalue weighted by molar-refractivity contribution is 5.85. The van der Waals surface area contributed by atoms with Crippen LogP contribution in [-0.2, 0) is 16.1 Å². The average molecular weight is 265 g/mol. The van der Waals surface area contributed by atoms with Gasteiger partial charge in [-0.05, 0) is 18.9 Å². The highest BCUT2D eigenvalue weighted by Crippen LogP contribution is 2.32. The van der Waals surface area contributed by atoms with Crippen LogP contribution in [0.5, 0.6) is 0 Å². The van der Waals surface area contributed by atoms with Crippen LogP contribution in [0.15, 0.2) is 24.3 Å². The van der Waals surface area contributed by atoms with Gasteiger partial charge in [-0.3, -0.25) is 9.59 Å². The molecular formula is C14H16FNO3. The summed E-state index contributed by atoms with van der Waals surface area (Å²) in [7, 11) is 0. The zero-order valence-corrected chi connectivity index (χ0v) is 10.4. The maximum Gasteiger partial charge on any atom is 0.307 e. The fourth-order valence-corrected chi connectivity index (χ4v) is 2.52. The second-order valence-corrected chi connectivity index (χ2v) is 4.79. The van der Waals surface area contributed by atoms with Crippen molar-refractivity contribution in [2.24, 2.45) is 11.8 Å². The van der Waals surface area contributed by atoms with E-state index in [1.165, 1.54) is 6.07 Å². The fraction of sp³-hybridized carbons (Fsp3) is 0.429. The molecule has 1 amide bonds. The van der Waals surface area contributed by atoms with Crippen LogP contribution >= 0.6 is 0 Å². The maximum absolute atomic E-state index is 13.4. The molecule has 1 aliphatic rings. The molecule has 19 heavy (non-hydrogen) atoms. The summed E-state index contributed by atoms with van der Waals surface area (Å²) in [6.07, 6.45) is 1.86. The number of hydrogen-bond acceptors (Lipinski definition) is 2. The van der Waals surface area contributed by atoms with Gasteiger partial charge in [0, 0.05) is 12.1 Å². The van der Waals surface area contributed by atoms with Crippen LogP contribution < -0.4 is 5.32 Å². The van der Waals surface area contributed by atoms with Crippen molar-refractivity contribution in [3.05, 3.63) is 35.6 Å². The summed E-state index contributed by atoms with van der Waals surface area (Å²) in [5.41, 5.74) is 0.403. The monoisotopic (exact) mass is 265 g/mol. The van der Waals surface area contributed by atoms with Crippen LogP contribution in [0.25, 0.3) is 0 Å². The van der Waals surface area contributed by atoms with Crippen molar-refractivity contribution in [1.82, 2.24) is 5.32 Å². The Labute approximate surface area is 110 Å². The van der Waals surface area contributed by atoms with Crippen molar-refractivity contribution in [3.63, 3.8) is 0 Å². The smallest absolute Gasteiger partial charge is 0.307 e. The van der Waals surface area contributed by atoms with Crippen LogP contribution in [0.2, 0.25) is 0 Å². The van der Waals surface area contributed by atoms with Crippen LogP contribution in [0.1, 0.15) is 24.8 Å². The number of carboxylic acids is 1. The molecule has 1 aromatic rings. The second kappa shape index (κ2) is 5.82. The zero-order valence-electron chi connectivity index (χ0n) is 10.4. The summed E-state index contributed by atoms with van der Waals surface area (Å²) in [6.45, 7) is 0.0916. The molecule has 1 aliphatic carbocycles. The van der Waals surface area contributed by atoms with Crippen LogP contribution in [0, 0.1) is 17.7 Å². The Morgan fingerprint density at radius 2 is 1.95 bits per heavy atom. The lowest BCUT2D eigenvalue weighted by molar-refractivity contribution is -0.146. The van der Waals surface area contributed by atoms with Crippen molar-refractivity contribution in [1.29, 1.82) is 0 Å². The molecule has 2 N–H and O–H groups in total. The third-order valence-corrected chi connectivity index (χ3v) is 3.58. The van der Waals surface area contributed by atoms with E-state index in [1.54, 1.807) is 18.2 Å². The number of benzene rings is 1. The Balaban J connectivity index is 1.95. The number of hydrogen-bond donors (Lipinski definition) is 2. The van der Waals surface area contributed by atoms with Crippen LogP contribution in [0.3, 0.4) is 0 Å². The molecule has 0 saturated heterocycles. The minimum atomic E-state index is -0.927. The van der Waals surface area contributed by atoms with Gasteiger partial charge in [0.2, 0.25) is 5.91 Å². The van der Waals surface area contributed by atoms with Gasteiger partial charge in [0.05, 0.1) is 11.8 Å². The number of rotatable bonds is 4. The van der Waals surface area contributed by atoms with Crippen LogP contribution in [0.4, 0.5) is 4.39 Å². The molecule has 0 bridgehead atoms. The third kappa shape index (κ3) is 3.10. The standard InChI is InChI=1S/C14H16FNO3/c15-12-7-2-1-4-9(12)8-16-13(17)10-5-3-6-11(10)14(18)19/h1-2,4,7,10-11H,3,5-6,8H2,(H,16,17)(H,18,19)/t10-,11+/m1/s1. The van der Waals surface area contributed by atoms with Crippen molar-refractivity contribution >= 4 is 11.9 Å². The maximum atomic E-state index is 13.4. The Bertz CT molecular complexity index is 489. The number of amides is 1. The first-order valence-corrected chi connectivity index (χ1v) is 6.33. The highest BCUT2D eigenvalue weighted by Gasteiger charge is 2.37. The molecule has 4 nitrogen and oxygen atoms in total. The summed E-state index contributed by atoms with van der Waals surface area (Å²) in [6, 6.07) is 6.20. The largest absolute Gasteiger partial charge is 0.481 e. The quantitative estimate of drug-likeness (QED) is 0.874. The van der Waals surface area contributed by atoms with E-state index in [-0.39, 0.29) is 18.3 Å². The molecule has 0 heterocycles. The van der Waals surface area contributed by atoms with E-state index >= 15 is 0 Å². The molecule has 0 radical (unpaired) electrons. The summed E-state index contributed by atoms with van der Waals surface area (Å²) >= 11 is 0. The Hall–Kier alpha value is -1.91. The number of nitrogens with one attached hydrogen (secondary N) is 1. The lowest BCUT2D eigenvalue weighted by Gasteiger charge is -2.15. The van der Waals surface area contributed by atoms with Crippen molar-refractivity contribution in [2.45, 2.75) is 25.8 Å². The number of aliphatic carboxylic acids is 1. The van der Waals surface area contributed by atoms with Gasteiger partial charge in [-0.25, -0.2) is 4.39 Å². The van der Waals surface area contributed by atoms with E-state index in [0.29, 0.717) is 18.4 Å². The summed E-state index contributed by atoms with van der Waals surface area (Å²) < 4.78 is 13.4. The molecule has 0 unspecified atom stereocenters. The van der Waals surface area contributed by atoms with Crippen molar-refractivity contribution < 1.29 is 19.1 Å². The topological polar surface area (TPSA) is 66.4 Å². The summed E-state index contributed by atoms with van der Waals surface area (Å²) in [5.74, 6) is -2.70.